The van der Waals surface area contributed by atoms with Gasteiger partial charge in [-0.1, -0.05) is 29.8 Å². The molecule has 0 spiro atoms. The molecule has 0 aliphatic carbocycles. The third-order valence-electron chi connectivity index (χ3n) is 3.58. The fraction of sp³-hybridized carbons (Fsp3) is 0.600. The molecule has 1 aliphatic heterocycles. The summed E-state index contributed by atoms with van der Waals surface area (Å²) in [5.74, 6) is 0. The first-order valence-corrected chi connectivity index (χ1v) is 6.61. The van der Waals surface area contributed by atoms with Crippen molar-refractivity contribution >= 4 is 0 Å². The third-order valence-corrected chi connectivity index (χ3v) is 3.58. The van der Waals surface area contributed by atoms with Gasteiger partial charge in [-0.3, -0.25) is 0 Å². The first kappa shape index (κ1) is 12.6. The minimum absolute atomic E-state index is 0.383. The predicted molar refractivity (Wildman–Crippen MR) is 71.2 cm³/mol. The van der Waals surface area contributed by atoms with E-state index >= 15 is 0 Å². The van der Waals surface area contributed by atoms with Crippen LogP contribution in [0.25, 0.3) is 0 Å². The highest BCUT2D eigenvalue weighted by atomic mass is 16.5. The second kappa shape index (κ2) is 5.65. The quantitative estimate of drug-likeness (QED) is 0.862. The van der Waals surface area contributed by atoms with Gasteiger partial charge in [-0.2, -0.15) is 0 Å². The summed E-state index contributed by atoms with van der Waals surface area (Å²) in [4.78, 5) is 0. The fourth-order valence-electron chi connectivity index (χ4n) is 2.53. The zero-order valence-corrected chi connectivity index (χ0v) is 11.1. The molecule has 3 atom stereocenters. The van der Waals surface area contributed by atoms with Crippen LogP contribution in [0.2, 0.25) is 0 Å². The van der Waals surface area contributed by atoms with Crippen LogP contribution in [0.1, 0.15) is 43.9 Å². The van der Waals surface area contributed by atoms with Crippen molar-refractivity contribution in [3.8, 4) is 0 Å². The Kier molecular flexibility index (Phi) is 4.19. The zero-order valence-electron chi connectivity index (χ0n) is 11.1. The molecule has 2 rings (SSSR count). The molecule has 1 aromatic rings. The largest absolute Gasteiger partial charge is 0.377 e. The maximum Gasteiger partial charge on any atom is 0.0726 e. The van der Waals surface area contributed by atoms with Crippen molar-refractivity contribution in [2.24, 2.45) is 0 Å². The van der Waals surface area contributed by atoms with Crippen molar-refractivity contribution in [1.82, 2.24) is 5.32 Å². The average molecular weight is 233 g/mol. The number of hydrogen-bond donors (Lipinski definition) is 1. The van der Waals surface area contributed by atoms with Gasteiger partial charge in [0.05, 0.1) is 6.10 Å². The van der Waals surface area contributed by atoms with Crippen LogP contribution in [-0.2, 0) is 4.74 Å². The Hall–Kier alpha value is -0.860. The Morgan fingerprint density at radius 2 is 2.18 bits per heavy atom. The third kappa shape index (κ3) is 3.30. The maximum absolute atomic E-state index is 5.71. The van der Waals surface area contributed by atoms with Crippen molar-refractivity contribution in [3.63, 3.8) is 0 Å². The normalized spacial score (nSPS) is 23.6. The van der Waals surface area contributed by atoms with Crippen LogP contribution in [0.3, 0.4) is 0 Å². The molecule has 1 aromatic carbocycles. The van der Waals surface area contributed by atoms with E-state index in [0.29, 0.717) is 18.2 Å². The lowest BCUT2D eigenvalue weighted by atomic mass is 10.0. The van der Waals surface area contributed by atoms with Gasteiger partial charge in [0.1, 0.15) is 0 Å². The minimum Gasteiger partial charge on any atom is -0.377 e. The summed E-state index contributed by atoms with van der Waals surface area (Å²) in [6.07, 6.45) is 2.78. The molecular formula is C15H23NO. The molecular weight excluding hydrogens is 210 g/mol. The van der Waals surface area contributed by atoms with E-state index in [9.17, 15) is 0 Å². The van der Waals surface area contributed by atoms with Crippen LogP contribution in [0, 0.1) is 6.92 Å². The number of aryl methyl sites for hydroxylation is 1. The van der Waals surface area contributed by atoms with E-state index in [1.807, 2.05) is 0 Å². The molecule has 1 aliphatic rings. The maximum atomic E-state index is 5.71. The molecule has 1 fully saturated rings. The SMILES string of the molecule is Cc1cccc(C(C)NC(C)C2CCCO2)c1. The van der Waals surface area contributed by atoms with Crippen LogP contribution >= 0.6 is 0 Å². The van der Waals surface area contributed by atoms with Crippen molar-refractivity contribution in [3.05, 3.63) is 35.4 Å². The number of ether oxygens (including phenoxy) is 1. The summed E-state index contributed by atoms with van der Waals surface area (Å²) in [7, 11) is 0. The van der Waals surface area contributed by atoms with E-state index < -0.39 is 0 Å². The summed E-state index contributed by atoms with van der Waals surface area (Å²) >= 11 is 0. The topological polar surface area (TPSA) is 21.3 Å². The summed E-state index contributed by atoms with van der Waals surface area (Å²) in [6.45, 7) is 7.51. The molecule has 1 saturated heterocycles. The van der Waals surface area contributed by atoms with Crippen LogP contribution in [0.15, 0.2) is 24.3 Å². The molecule has 3 unspecified atom stereocenters. The summed E-state index contributed by atoms with van der Waals surface area (Å²) in [5, 5.41) is 3.64. The molecule has 17 heavy (non-hydrogen) atoms. The molecule has 1 N–H and O–H groups in total. The molecule has 1 heterocycles. The smallest absolute Gasteiger partial charge is 0.0726 e. The predicted octanol–water partition coefficient (Wildman–Crippen LogP) is 3.21. The standard InChI is InChI=1S/C15H23NO/c1-11-6-4-7-14(10-11)12(2)16-13(3)15-8-5-9-17-15/h4,6-7,10,12-13,15-16H,5,8-9H2,1-3H3. The molecule has 94 valence electrons. The number of benzene rings is 1. The first-order valence-electron chi connectivity index (χ1n) is 6.61. The van der Waals surface area contributed by atoms with Crippen molar-refractivity contribution in [1.29, 1.82) is 0 Å². The van der Waals surface area contributed by atoms with Crippen molar-refractivity contribution < 1.29 is 4.74 Å². The molecule has 0 saturated carbocycles. The summed E-state index contributed by atoms with van der Waals surface area (Å²) in [6, 6.07) is 9.51. The summed E-state index contributed by atoms with van der Waals surface area (Å²) < 4.78 is 5.71. The Balaban J connectivity index is 1.93. The van der Waals surface area contributed by atoms with Gasteiger partial charge in [0, 0.05) is 18.7 Å². The van der Waals surface area contributed by atoms with Gasteiger partial charge in [-0.15, -0.1) is 0 Å². The van der Waals surface area contributed by atoms with Crippen LogP contribution in [0.5, 0.6) is 0 Å². The lowest BCUT2D eigenvalue weighted by Gasteiger charge is -2.24. The van der Waals surface area contributed by atoms with Gasteiger partial charge in [-0.05, 0) is 39.2 Å². The lowest BCUT2D eigenvalue weighted by Crippen LogP contribution is -2.38. The van der Waals surface area contributed by atoms with E-state index in [4.69, 9.17) is 4.74 Å². The Morgan fingerprint density at radius 1 is 1.35 bits per heavy atom. The van der Waals surface area contributed by atoms with Gasteiger partial charge in [0.2, 0.25) is 0 Å². The Bertz CT molecular complexity index is 358. The van der Waals surface area contributed by atoms with Crippen molar-refractivity contribution in [2.45, 2.75) is 51.8 Å². The van der Waals surface area contributed by atoms with E-state index in [1.54, 1.807) is 0 Å². The van der Waals surface area contributed by atoms with Gasteiger partial charge in [0.25, 0.3) is 0 Å². The number of hydrogen-bond acceptors (Lipinski definition) is 2. The number of nitrogens with one attached hydrogen (secondary N) is 1. The first-order chi connectivity index (χ1) is 8.16. The van der Waals surface area contributed by atoms with Crippen molar-refractivity contribution in [2.75, 3.05) is 6.61 Å². The Labute approximate surface area is 104 Å². The van der Waals surface area contributed by atoms with E-state index in [0.717, 1.165) is 6.61 Å². The summed E-state index contributed by atoms with van der Waals surface area (Å²) in [5.41, 5.74) is 2.68. The molecule has 0 bridgehead atoms. The zero-order chi connectivity index (χ0) is 12.3. The molecule has 0 amide bonds. The van der Waals surface area contributed by atoms with Crippen LogP contribution in [-0.4, -0.2) is 18.8 Å². The van der Waals surface area contributed by atoms with Gasteiger partial charge in [-0.25, -0.2) is 0 Å². The highest BCUT2D eigenvalue weighted by Gasteiger charge is 2.23. The molecule has 2 nitrogen and oxygen atoms in total. The monoisotopic (exact) mass is 233 g/mol. The molecule has 0 radical (unpaired) electrons. The molecule has 2 heteroatoms. The second-order valence-electron chi connectivity index (χ2n) is 5.14. The number of rotatable bonds is 4. The average Bonchev–Trinajstić information content (AvgIpc) is 2.82. The highest BCUT2D eigenvalue weighted by Crippen LogP contribution is 2.19. The molecule has 0 aromatic heterocycles. The lowest BCUT2D eigenvalue weighted by molar-refractivity contribution is 0.0804. The van der Waals surface area contributed by atoms with E-state index in [2.05, 4.69) is 50.4 Å². The van der Waals surface area contributed by atoms with E-state index in [1.165, 1.54) is 24.0 Å². The highest BCUT2D eigenvalue weighted by molar-refractivity contribution is 5.24. The van der Waals surface area contributed by atoms with Crippen LogP contribution in [0.4, 0.5) is 0 Å². The van der Waals surface area contributed by atoms with Crippen LogP contribution < -0.4 is 5.32 Å². The second-order valence-corrected chi connectivity index (χ2v) is 5.14. The van der Waals surface area contributed by atoms with Gasteiger partial charge < -0.3 is 10.1 Å². The minimum atomic E-state index is 0.383. The van der Waals surface area contributed by atoms with Gasteiger partial charge >= 0.3 is 0 Å². The fourth-order valence-corrected chi connectivity index (χ4v) is 2.53. The Morgan fingerprint density at radius 3 is 2.82 bits per heavy atom. The van der Waals surface area contributed by atoms with E-state index in [-0.39, 0.29) is 0 Å². The van der Waals surface area contributed by atoms with Gasteiger partial charge in [0.15, 0.2) is 0 Å².